The number of hydrogen-bond donors (Lipinski definition) is 0. The van der Waals surface area contributed by atoms with Gasteiger partial charge in [-0.1, -0.05) is 30.3 Å². The molecule has 0 fully saturated rings. The lowest BCUT2D eigenvalue weighted by Crippen LogP contribution is -2.31. The number of hydrogen-bond acceptors (Lipinski definition) is 1. The molecule has 0 radical (unpaired) electrons. The molecule has 2 heteroatoms. The normalized spacial score (nSPS) is 11.5. The van der Waals surface area contributed by atoms with Gasteiger partial charge < -0.3 is 0 Å². The summed E-state index contributed by atoms with van der Waals surface area (Å²) in [6.45, 7) is 7.85. The van der Waals surface area contributed by atoms with Gasteiger partial charge in [-0.25, -0.2) is 4.39 Å². The first-order valence-corrected chi connectivity index (χ1v) is 7.17. The summed E-state index contributed by atoms with van der Waals surface area (Å²) in [7, 11) is 0. The van der Waals surface area contributed by atoms with Gasteiger partial charge in [0, 0.05) is 11.8 Å². The van der Waals surface area contributed by atoms with E-state index in [1.165, 1.54) is 12.1 Å². The molecule has 0 aliphatic rings. The molecule has 0 saturated heterocycles. The largest absolute Gasteiger partial charge is 0.298 e. The SMILES string of the molecule is Cc1cccc(C)c1CC(=O)C(C)(C)c1ccc(F)cc1. The molecule has 0 heterocycles. The molecule has 0 N–H and O–H groups in total. The standard InChI is InChI=1S/C19H21FO/c1-13-6-5-7-14(2)17(13)12-18(21)19(3,4)15-8-10-16(20)11-9-15/h5-11H,12H2,1-4H3. The summed E-state index contributed by atoms with van der Waals surface area (Å²) in [5.41, 5.74) is 3.59. The van der Waals surface area contributed by atoms with Gasteiger partial charge in [0.1, 0.15) is 11.6 Å². The van der Waals surface area contributed by atoms with Gasteiger partial charge in [0.25, 0.3) is 0 Å². The maximum Gasteiger partial charge on any atom is 0.147 e. The Morgan fingerprint density at radius 2 is 1.52 bits per heavy atom. The van der Waals surface area contributed by atoms with Gasteiger partial charge in [-0.2, -0.15) is 0 Å². The summed E-state index contributed by atoms with van der Waals surface area (Å²) in [6.07, 6.45) is 0.406. The fraction of sp³-hybridized carbons (Fsp3) is 0.316. The summed E-state index contributed by atoms with van der Waals surface area (Å²) in [5.74, 6) is -0.136. The van der Waals surface area contributed by atoms with Gasteiger partial charge in [-0.15, -0.1) is 0 Å². The van der Waals surface area contributed by atoms with Crippen molar-refractivity contribution < 1.29 is 9.18 Å². The molecule has 2 aromatic carbocycles. The molecule has 21 heavy (non-hydrogen) atoms. The highest BCUT2D eigenvalue weighted by Crippen LogP contribution is 2.27. The first-order valence-electron chi connectivity index (χ1n) is 7.17. The zero-order valence-electron chi connectivity index (χ0n) is 13.0. The number of carbonyl (C=O) groups excluding carboxylic acids is 1. The molecule has 0 aromatic heterocycles. The Hall–Kier alpha value is -1.96. The van der Waals surface area contributed by atoms with Crippen molar-refractivity contribution in [2.45, 2.75) is 39.5 Å². The molecule has 1 nitrogen and oxygen atoms in total. The molecule has 0 aliphatic heterocycles. The molecule has 0 amide bonds. The quantitative estimate of drug-likeness (QED) is 0.806. The molecular formula is C19H21FO. The van der Waals surface area contributed by atoms with E-state index < -0.39 is 5.41 Å². The maximum absolute atomic E-state index is 13.0. The lowest BCUT2D eigenvalue weighted by Gasteiger charge is -2.24. The Bertz CT molecular complexity index is 634. The third-order valence-electron chi connectivity index (χ3n) is 4.24. The van der Waals surface area contributed by atoms with Crippen molar-refractivity contribution in [3.63, 3.8) is 0 Å². The van der Waals surface area contributed by atoms with Crippen molar-refractivity contribution in [1.82, 2.24) is 0 Å². The van der Waals surface area contributed by atoms with Gasteiger partial charge in [-0.3, -0.25) is 4.79 Å². The molecule has 2 rings (SSSR count). The zero-order valence-corrected chi connectivity index (χ0v) is 13.0. The lowest BCUT2D eigenvalue weighted by atomic mass is 9.77. The summed E-state index contributed by atoms with van der Waals surface area (Å²) in [6, 6.07) is 12.3. The highest BCUT2D eigenvalue weighted by atomic mass is 19.1. The second-order valence-electron chi connectivity index (χ2n) is 6.10. The van der Waals surface area contributed by atoms with E-state index in [1.54, 1.807) is 12.1 Å². The van der Waals surface area contributed by atoms with Crippen molar-refractivity contribution in [2.24, 2.45) is 0 Å². The van der Waals surface area contributed by atoms with Crippen LogP contribution in [0, 0.1) is 19.7 Å². The average Bonchev–Trinajstić information content (AvgIpc) is 2.43. The molecule has 0 saturated carbocycles. The average molecular weight is 284 g/mol. The molecular weight excluding hydrogens is 263 g/mol. The minimum absolute atomic E-state index is 0.145. The van der Waals surface area contributed by atoms with Crippen molar-refractivity contribution in [3.05, 3.63) is 70.5 Å². The third kappa shape index (κ3) is 3.21. The smallest absolute Gasteiger partial charge is 0.147 e. The van der Waals surface area contributed by atoms with E-state index in [1.807, 2.05) is 45.9 Å². The Labute approximate surface area is 125 Å². The van der Waals surface area contributed by atoms with Gasteiger partial charge >= 0.3 is 0 Å². The van der Waals surface area contributed by atoms with Gasteiger partial charge in [0.2, 0.25) is 0 Å². The topological polar surface area (TPSA) is 17.1 Å². The molecule has 0 spiro atoms. The fourth-order valence-electron chi connectivity index (χ4n) is 2.54. The minimum Gasteiger partial charge on any atom is -0.298 e. The zero-order chi connectivity index (χ0) is 15.6. The van der Waals surface area contributed by atoms with Crippen LogP contribution in [0.15, 0.2) is 42.5 Å². The van der Waals surface area contributed by atoms with Crippen LogP contribution in [-0.4, -0.2) is 5.78 Å². The predicted molar refractivity (Wildman–Crippen MR) is 84.1 cm³/mol. The maximum atomic E-state index is 13.0. The second-order valence-corrected chi connectivity index (χ2v) is 6.10. The predicted octanol–water partition coefficient (Wildman–Crippen LogP) is 4.53. The second kappa shape index (κ2) is 5.80. The van der Waals surface area contributed by atoms with E-state index in [0.29, 0.717) is 6.42 Å². The van der Waals surface area contributed by atoms with Crippen LogP contribution in [0.1, 0.15) is 36.1 Å². The van der Waals surface area contributed by atoms with Crippen LogP contribution in [0.5, 0.6) is 0 Å². The molecule has 0 bridgehead atoms. The number of carbonyl (C=O) groups is 1. The summed E-state index contributed by atoms with van der Waals surface area (Å²) >= 11 is 0. The summed E-state index contributed by atoms with van der Waals surface area (Å²) in [4.78, 5) is 12.7. The van der Waals surface area contributed by atoms with Crippen LogP contribution in [0.4, 0.5) is 4.39 Å². The van der Waals surface area contributed by atoms with Crippen LogP contribution < -0.4 is 0 Å². The fourth-order valence-corrected chi connectivity index (χ4v) is 2.54. The third-order valence-corrected chi connectivity index (χ3v) is 4.24. The van der Waals surface area contributed by atoms with Crippen LogP contribution in [0.3, 0.4) is 0 Å². The number of halogens is 1. The Kier molecular flexibility index (Phi) is 4.26. The highest BCUT2D eigenvalue weighted by Gasteiger charge is 2.29. The molecule has 110 valence electrons. The number of aryl methyl sites for hydroxylation is 2. The van der Waals surface area contributed by atoms with E-state index in [0.717, 1.165) is 22.3 Å². The lowest BCUT2D eigenvalue weighted by molar-refractivity contribution is -0.122. The molecule has 0 unspecified atom stereocenters. The van der Waals surface area contributed by atoms with E-state index in [4.69, 9.17) is 0 Å². The van der Waals surface area contributed by atoms with E-state index in [-0.39, 0.29) is 11.6 Å². The van der Waals surface area contributed by atoms with E-state index in [2.05, 4.69) is 0 Å². The first-order chi connectivity index (χ1) is 9.82. The van der Waals surface area contributed by atoms with Crippen molar-refractivity contribution >= 4 is 5.78 Å². The van der Waals surface area contributed by atoms with Crippen LogP contribution in [0.25, 0.3) is 0 Å². The first kappa shape index (κ1) is 15.4. The Morgan fingerprint density at radius 1 is 1.00 bits per heavy atom. The Balaban J connectivity index is 2.28. The van der Waals surface area contributed by atoms with E-state index in [9.17, 15) is 9.18 Å². The van der Waals surface area contributed by atoms with E-state index >= 15 is 0 Å². The van der Waals surface area contributed by atoms with Crippen LogP contribution in [-0.2, 0) is 16.6 Å². The van der Waals surface area contributed by atoms with Crippen LogP contribution in [0.2, 0.25) is 0 Å². The molecule has 2 aromatic rings. The van der Waals surface area contributed by atoms with Crippen molar-refractivity contribution in [2.75, 3.05) is 0 Å². The van der Waals surface area contributed by atoms with Gasteiger partial charge in [0.15, 0.2) is 0 Å². The monoisotopic (exact) mass is 284 g/mol. The van der Waals surface area contributed by atoms with Gasteiger partial charge in [-0.05, 0) is 62.1 Å². The number of benzene rings is 2. The number of rotatable bonds is 4. The van der Waals surface area contributed by atoms with Crippen molar-refractivity contribution in [3.8, 4) is 0 Å². The highest BCUT2D eigenvalue weighted by molar-refractivity contribution is 5.91. The van der Waals surface area contributed by atoms with Crippen molar-refractivity contribution in [1.29, 1.82) is 0 Å². The van der Waals surface area contributed by atoms with Gasteiger partial charge in [0.05, 0.1) is 0 Å². The summed E-state index contributed by atoms with van der Waals surface area (Å²) in [5, 5.41) is 0. The van der Waals surface area contributed by atoms with Crippen LogP contribution >= 0.6 is 0 Å². The molecule has 0 aliphatic carbocycles. The Morgan fingerprint density at radius 3 is 2.05 bits per heavy atom. The molecule has 0 atom stereocenters. The number of ketones is 1. The minimum atomic E-state index is -0.623. The number of Topliss-reactive ketones (excluding diaryl/α,β-unsaturated/α-hetero) is 1. The summed E-state index contributed by atoms with van der Waals surface area (Å²) < 4.78 is 13.0.